The number of benzene rings is 3. The zero-order valence-electron chi connectivity index (χ0n) is 14.2. The van der Waals surface area contributed by atoms with E-state index >= 15 is 0 Å². The van der Waals surface area contributed by atoms with E-state index in [1.54, 1.807) is 66.7 Å². The number of ketones is 1. The maximum absolute atomic E-state index is 13.3. The maximum Gasteiger partial charge on any atom is 0.264 e. The molecule has 0 radical (unpaired) electrons. The van der Waals surface area contributed by atoms with Crippen molar-refractivity contribution in [3.05, 3.63) is 95.1 Å². The van der Waals surface area contributed by atoms with Gasteiger partial charge in [-0.05, 0) is 36.8 Å². The van der Waals surface area contributed by atoms with Gasteiger partial charge in [0.05, 0.1) is 17.1 Å². The monoisotopic (exact) mass is 363 g/mol. The summed E-state index contributed by atoms with van der Waals surface area (Å²) in [7, 11) is -3.80. The van der Waals surface area contributed by atoms with Gasteiger partial charge in [-0.15, -0.1) is 0 Å². The first-order chi connectivity index (χ1) is 12.5. The summed E-state index contributed by atoms with van der Waals surface area (Å²) >= 11 is 0. The van der Waals surface area contributed by atoms with E-state index in [1.165, 1.54) is 4.31 Å². The number of nitrogens with zero attached hydrogens (tertiary/aromatic N) is 1. The van der Waals surface area contributed by atoms with Crippen molar-refractivity contribution in [3.8, 4) is 0 Å². The minimum atomic E-state index is -3.80. The van der Waals surface area contributed by atoms with Crippen LogP contribution in [0.15, 0.2) is 77.7 Å². The Balaban J connectivity index is 1.95. The van der Waals surface area contributed by atoms with Crippen LogP contribution in [0.25, 0.3) is 0 Å². The number of rotatable bonds is 2. The second-order valence-electron chi connectivity index (χ2n) is 6.33. The first-order valence-corrected chi connectivity index (χ1v) is 9.73. The number of carbonyl (C=O) groups is 1. The van der Waals surface area contributed by atoms with E-state index in [1.807, 2.05) is 13.0 Å². The number of carbonyl (C=O) groups excluding carboxylic acids is 1. The zero-order valence-corrected chi connectivity index (χ0v) is 15.0. The molecule has 0 fully saturated rings. The maximum atomic E-state index is 13.3. The van der Waals surface area contributed by atoms with Gasteiger partial charge in [0, 0.05) is 11.1 Å². The van der Waals surface area contributed by atoms with Gasteiger partial charge >= 0.3 is 0 Å². The van der Waals surface area contributed by atoms with E-state index in [9.17, 15) is 13.2 Å². The molecule has 4 rings (SSSR count). The fourth-order valence-electron chi connectivity index (χ4n) is 3.20. The van der Waals surface area contributed by atoms with Gasteiger partial charge in [0.1, 0.15) is 0 Å². The molecule has 0 bridgehead atoms. The van der Waals surface area contributed by atoms with Crippen molar-refractivity contribution < 1.29 is 13.2 Å². The standard InChI is InChI=1S/C21H17NO3S/c1-15-10-12-17(13-11-15)26(24,25)22-14-16-6-2-3-7-18(16)21(23)19-8-4-5-9-20(19)22/h2-13H,14H2,1H3. The van der Waals surface area contributed by atoms with Gasteiger partial charge in [-0.2, -0.15) is 0 Å². The lowest BCUT2D eigenvalue weighted by Crippen LogP contribution is -2.30. The van der Waals surface area contributed by atoms with Crippen LogP contribution in [0.3, 0.4) is 0 Å². The third-order valence-electron chi connectivity index (χ3n) is 4.60. The Kier molecular flexibility index (Phi) is 3.89. The second kappa shape index (κ2) is 6.11. The van der Waals surface area contributed by atoms with Gasteiger partial charge in [-0.25, -0.2) is 8.42 Å². The molecule has 0 amide bonds. The van der Waals surface area contributed by atoms with Crippen LogP contribution in [0.5, 0.6) is 0 Å². The Hall–Kier alpha value is -2.92. The molecule has 3 aromatic carbocycles. The average molecular weight is 363 g/mol. The zero-order chi connectivity index (χ0) is 18.3. The Morgan fingerprint density at radius 1 is 0.808 bits per heavy atom. The molecular weight excluding hydrogens is 346 g/mol. The molecule has 3 aromatic rings. The summed E-state index contributed by atoms with van der Waals surface area (Å²) in [6.07, 6.45) is 0. The Labute approximate surface area is 152 Å². The lowest BCUT2D eigenvalue weighted by Gasteiger charge is -2.24. The van der Waals surface area contributed by atoms with Crippen molar-refractivity contribution in [2.24, 2.45) is 0 Å². The second-order valence-corrected chi connectivity index (χ2v) is 8.19. The van der Waals surface area contributed by atoms with Crippen LogP contribution in [0.2, 0.25) is 0 Å². The summed E-state index contributed by atoms with van der Waals surface area (Å²) in [6.45, 7) is 2.03. The molecule has 0 saturated carbocycles. The normalized spacial score (nSPS) is 13.7. The molecule has 0 aromatic heterocycles. The van der Waals surface area contributed by atoms with Crippen LogP contribution in [0.4, 0.5) is 5.69 Å². The smallest absolute Gasteiger partial charge is 0.264 e. The summed E-state index contributed by atoms with van der Waals surface area (Å²) < 4.78 is 28.0. The van der Waals surface area contributed by atoms with E-state index in [4.69, 9.17) is 0 Å². The fraction of sp³-hybridized carbons (Fsp3) is 0.0952. The highest BCUT2D eigenvalue weighted by molar-refractivity contribution is 7.92. The number of para-hydroxylation sites is 1. The van der Waals surface area contributed by atoms with Gasteiger partial charge in [-0.3, -0.25) is 9.10 Å². The number of anilines is 1. The Morgan fingerprint density at radius 2 is 1.42 bits per heavy atom. The quantitative estimate of drug-likeness (QED) is 0.693. The Bertz CT molecular complexity index is 1100. The van der Waals surface area contributed by atoms with Gasteiger partial charge in [0.15, 0.2) is 5.78 Å². The summed E-state index contributed by atoms with van der Waals surface area (Å²) in [4.78, 5) is 13.2. The van der Waals surface area contributed by atoms with Gasteiger partial charge in [-0.1, -0.05) is 54.1 Å². The number of hydrogen-bond acceptors (Lipinski definition) is 3. The lowest BCUT2D eigenvalue weighted by molar-refractivity contribution is 0.103. The van der Waals surface area contributed by atoms with Crippen molar-refractivity contribution in [1.82, 2.24) is 0 Å². The third kappa shape index (κ3) is 2.61. The van der Waals surface area contributed by atoms with E-state index in [0.29, 0.717) is 22.4 Å². The summed E-state index contributed by atoms with van der Waals surface area (Å²) in [6, 6.07) is 20.8. The van der Waals surface area contributed by atoms with Gasteiger partial charge < -0.3 is 0 Å². The molecule has 1 aliphatic rings. The Morgan fingerprint density at radius 3 is 2.15 bits per heavy atom. The van der Waals surface area contributed by atoms with Gasteiger partial charge in [0.2, 0.25) is 0 Å². The minimum absolute atomic E-state index is 0.120. The summed E-state index contributed by atoms with van der Waals surface area (Å²) in [5.74, 6) is -0.155. The van der Waals surface area contributed by atoms with Crippen molar-refractivity contribution in [2.75, 3.05) is 4.31 Å². The highest BCUT2D eigenvalue weighted by Crippen LogP contribution is 2.34. The molecule has 0 N–H and O–H groups in total. The topological polar surface area (TPSA) is 54.5 Å². The van der Waals surface area contributed by atoms with Crippen LogP contribution in [-0.2, 0) is 16.6 Å². The fourth-order valence-corrected chi connectivity index (χ4v) is 4.66. The minimum Gasteiger partial charge on any atom is -0.289 e. The summed E-state index contributed by atoms with van der Waals surface area (Å²) in [5.41, 5.74) is 3.04. The molecule has 130 valence electrons. The molecular formula is C21H17NO3S. The molecule has 0 aliphatic carbocycles. The number of hydrogen-bond donors (Lipinski definition) is 0. The van der Waals surface area contributed by atoms with Crippen LogP contribution in [-0.4, -0.2) is 14.2 Å². The molecule has 1 heterocycles. The molecule has 0 atom stereocenters. The molecule has 26 heavy (non-hydrogen) atoms. The third-order valence-corrected chi connectivity index (χ3v) is 6.38. The van der Waals surface area contributed by atoms with Crippen molar-refractivity contribution in [1.29, 1.82) is 0 Å². The number of fused-ring (bicyclic) bond motifs is 2. The largest absolute Gasteiger partial charge is 0.289 e. The summed E-state index contributed by atoms with van der Waals surface area (Å²) in [5, 5.41) is 0. The van der Waals surface area contributed by atoms with E-state index in [2.05, 4.69) is 0 Å². The molecule has 1 aliphatic heterocycles. The van der Waals surface area contributed by atoms with Gasteiger partial charge in [0.25, 0.3) is 10.0 Å². The molecule has 0 spiro atoms. The van der Waals surface area contributed by atoms with E-state index < -0.39 is 10.0 Å². The first-order valence-electron chi connectivity index (χ1n) is 8.29. The predicted molar refractivity (Wildman–Crippen MR) is 101 cm³/mol. The van der Waals surface area contributed by atoms with Crippen LogP contribution < -0.4 is 4.31 Å². The van der Waals surface area contributed by atoms with E-state index in [-0.39, 0.29) is 17.2 Å². The number of aryl methyl sites for hydroxylation is 1. The molecule has 0 unspecified atom stereocenters. The highest BCUT2D eigenvalue weighted by Gasteiger charge is 2.32. The first kappa shape index (κ1) is 16.5. The molecule has 0 saturated heterocycles. The van der Waals surface area contributed by atoms with Crippen LogP contribution in [0, 0.1) is 6.92 Å². The van der Waals surface area contributed by atoms with Crippen molar-refractivity contribution in [3.63, 3.8) is 0 Å². The lowest BCUT2D eigenvalue weighted by atomic mass is 9.99. The predicted octanol–water partition coefficient (Wildman–Crippen LogP) is 3.93. The van der Waals surface area contributed by atoms with Crippen molar-refractivity contribution >= 4 is 21.5 Å². The van der Waals surface area contributed by atoms with Crippen LogP contribution >= 0.6 is 0 Å². The van der Waals surface area contributed by atoms with Crippen molar-refractivity contribution in [2.45, 2.75) is 18.4 Å². The molecule has 5 heteroatoms. The highest BCUT2D eigenvalue weighted by atomic mass is 32.2. The van der Waals surface area contributed by atoms with Crippen LogP contribution in [0.1, 0.15) is 27.0 Å². The average Bonchev–Trinajstić information content (AvgIpc) is 2.78. The van der Waals surface area contributed by atoms with E-state index in [0.717, 1.165) is 5.56 Å². The SMILES string of the molecule is Cc1ccc(S(=O)(=O)N2Cc3ccccc3C(=O)c3ccccc32)cc1. The molecule has 4 nitrogen and oxygen atoms in total. The number of sulfonamides is 1.